The first-order chi connectivity index (χ1) is 23.4. The topological polar surface area (TPSA) is 96.9 Å². The van der Waals surface area contributed by atoms with Crippen molar-refractivity contribution in [3.05, 3.63) is 119 Å². The van der Waals surface area contributed by atoms with Crippen LogP contribution in [-0.2, 0) is 17.1 Å². The monoisotopic (exact) mass is 691 g/mol. The van der Waals surface area contributed by atoms with Crippen LogP contribution in [0.2, 0.25) is 0 Å². The summed E-state index contributed by atoms with van der Waals surface area (Å²) in [5.41, 5.74) is 2.03. The Bertz CT molecular complexity index is 1700. The van der Waals surface area contributed by atoms with Gasteiger partial charge in [-0.1, -0.05) is 56.3 Å². The van der Waals surface area contributed by atoms with Gasteiger partial charge < -0.3 is 14.8 Å². The molecule has 1 heterocycles. The number of nitrogens with zero attached hydrogens (tertiary/aromatic N) is 4. The van der Waals surface area contributed by atoms with Gasteiger partial charge in [-0.3, -0.25) is 14.5 Å². The molecule has 0 bridgehead atoms. The second kappa shape index (κ2) is 17.0. The molecule has 1 aromatic heterocycles. The van der Waals surface area contributed by atoms with E-state index in [9.17, 15) is 32.7 Å². The molecular weight excluding hydrogens is 653 g/mol. The summed E-state index contributed by atoms with van der Waals surface area (Å²) in [6.07, 6.45) is -1.87. The number of benzene rings is 3. The van der Waals surface area contributed by atoms with Gasteiger partial charge in [0.05, 0.1) is 23.8 Å². The predicted molar refractivity (Wildman–Crippen MR) is 185 cm³/mol. The molecule has 12 heteroatoms. The standard InChI is InChI=1S/C37H39F3N4O4S/c1-4-22-42(23-5-2)30-17-19-31(20-18-30)44(34(45)29-15-13-28(14-16-29)25-49-26(3)36(47)48)33-32(12-9-21-41-33)35(46)43(37(38,39)40)24-27-10-7-6-8-11-27/h6-21,26H,4-5,22-25H2,1-3H3,(H,47,48)/p-1. The normalized spacial score (nSPS) is 11.9. The molecule has 2 amide bonds. The lowest BCUT2D eigenvalue weighted by atomic mass is 10.1. The number of thioether (sulfide) groups is 1. The molecule has 0 aliphatic carbocycles. The zero-order valence-electron chi connectivity index (χ0n) is 27.5. The molecule has 4 rings (SSSR count). The number of rotatable bonds is 15. The molecule has 258 valence electrons. The first-order valence-corrected chi connectivity index (χ1v) is 17.0. The fraction of sp³-hybridized carbons (Fsp3) is 0.297. The maximum Gasteiger partial charge on any atom is 0.487 e. The SMILES string of the molecule is CCCN(CCC)c1ccc(N(C(=O)c2ccc(CSC(C)C(=O)[O-])cc2)c2ncccc2C(=O)N(Cc2ccccc2)C(F)(F)F)cc1. The Morgan fingerprint density at radius 2 is 1.41 bits per heavy atom. The highest BCUT2D eigenvalue weighted by molar-refractivity contribution is 7.99. The number of hydrogen-bond donors (Lipinski definition) is 0. The van der Waals surface area contributed by atoms with Crippen LogP contribution in [0.4, 0.5) is 30.4 Å². The van der Waals surface area contributed by atoms with Crippen LogP contribution >= 0.6 is 11.8 Å². The van der Waals surface area contributed by atoms with Crippen molar-refractivity contribution in [1.82, 2.24) is 9.88 Å². The minimum atomic E-state index is -5.03. The van der Waals surface area contributed by atoms with E-state index in [1.807, 2.05) is 12.1 Å². The van der Waals surface area contributed by atoms with Crippen molar-refractivity contribution in [3.8, 4) is 0 Å². The third-order valence-corrected chi connectivity index (χ3v) is 8.85. The molecule has 8 nitrogen and oxygen atoms in total. The van der Waals surface area contributed by atoms with Gasteiger partial charge in [0.15, 0.2) is 5.82 Å². The number of aromatic nitrogens is 1. The lowest BCUT2D eigenvalue weighted by Gasteiger charge is -2.29. The Kier molecular flexibility index (Phi) is 12.8. The van der Waals surface area contributed by atoms with E-state index >= 15 is 0 Å². The van der Waals surface area contributed by atoms with Crippen molar-refractivity contribution in [3.63, 3.8) is 0 Å². The third kappa shape index (κ3) is 9.62. The van der Waals surface area contributed by atoms with E-state index in [1.165, 1.54) is 49.1 Å². The number of amides is 2. The first kappa shape index (κ1) is 37.0. The van der Waals surface area contributed by atoms with E-state index < -0.39 is 41.4 Å². The van der Waals surface area contributed by atoms with E-state index in [0.717, 1.165) is 42.1 Å². The van der Waals surface area contributed by atoms with E-state index in [1.54, 1.807) is 54.6 Å². The highest BCUT2D eigenvalue weighted by Crippen LogP contribution is 2.34. The van der Waals surface area contributed by atoms with E-state index in [-0.39, 0.29) is 21.8 Å². The molecule has 1 atom stereocenters. The third-order valence-electron chi connectivity index (χ3n) is 7.66. The highest BCUT2D eigenvalue weighted by Gasteiger charge is 2.43. The van der Waals surface area contributed by atoms with Crippen LogP contribution in [0.15, 0.2) is 97.2 Å². The molecule has 0 saturated carbocycles. The molecule has 4 aromatic rings. The number of anilines is 3. The summed E-state index contributed by atoms with van der Waals surface area (Å²) in [7, 11) is 0. The lowest BCUT2D eigenvalue weighted by Crippen LogP contribution is -2.43. The molecule has 0 aliphatic heterocycles. The number of aliphatic carboxylic acids is 1. The molecule has 0 spiro atoms. The van der Waals surface area contributed by atoms with Crippen LogP contribution in [0, 0.1) is 0 Å². The Balaban J connectivity index is 1.78. The number of hydrogen-bond acceptors (Lipinski definition) is 7. The van der Waals surface area contributed by atoms with Crippen molar-refractivity contribution in [2.45, 2.75) is 57.5 Å². The predicted octanol–water partition coefficient (Wildman–Crippen LogP) is 7.22. The summed E-state index contributed by atoms with van der Waals surface area (Å²) in [4.78, 5) is 46.7. The maximum absolute atomic E-state index is 14.4. The van der Waals surface area contributed by atoms with Gasteiger partial charge in [-0.2, -0.15) is 0 Å². The van der Waals surface area contributed by atoms with Crippen LogP contribution in [0.3, 0.4) is 0 Å². The summed E-state index contributed by atoms with van der Waals surface area (Å²) >= 11 is 1.17. The lowest BCUT2D eigenvalue weighted by molar-refractivity contribution is -0.304. The highest BCUT2D eigenvalue weighted by atomic mass is 32.2. The molecule has 1 unspecified atom stereocenters. The van der Waals surface area contributed by atoms with Gasteiger partial charge in [-0.15, -0.1) is 24.9 Å². The zero-order valence-corrected chi connectivity index (χ0v) is 28.3. The molecular formula is C37H38F3N4O4S-. The number of carboxylic acid groups (broad SMARTS) is 1. The minimum Gasteiger partial charge on any atom is -0.549 e. The first-order valence-electron chi connectivity index (χ1n) is 15.9. The van der Waals surface area contributed by atoms with Crippen molar-refractivity contribution in [1.29, 1.82) is 0 Å². The summed E-state index contributed by atoms with van der Waals surface area (Å²) in [5, 5.41) is 10.4. The van der Waals surface area contributed by atoms with Crippen LogP contribution in [0.5, 0.6) is 0 Å². The van der Waals surface area contributed by atoms with E-state index in [4.69, 9.17) is 0 Å². The zero-order chi connectivity index (χ0) is 35.6. The fourth-order valence-corrected chi connectivity index (χ4v) is 5.92. The maximum atomic E-state index is 14.4. The largest absolute Gasteiger partial charge is 0.549 e. The van der Waals surface area contributed by atoms with Crippen molar-refractivity contribution in [2.24, 2.45) is 0 Å². The van der Waals surface area contributed by atoms with Crippen molar-refractivity contribution < 1.29 is 32.7 Å². The smallest absolute Gasteiger partial charge is 0.487 e. The van der Waals surface area contributed by atoms with Crippen molar-refractivity contribution >= 4 is 46.7 Å². The van der Waals surface area contributed by atoms with Crippen LogP contribution in [-0.4, -0.2) is 52.3 Å². The summed E-state index contributed by atoms with van der Waals surface area (Å²) in [6, 6.07) is 23.9. The number of alkyl halides is 3. The van der Waals surface area contributed by atoms with Gasteiger partial charge in [0.2, 0.25) is 0 Å². The molecule has 0 N–H and O–H groups in total. The van der Waals surface area contributed by atoms with E-state index in [0.29, 0.717) is 11.4 Å². The van der Waals surface area contributed by atoms with E-state index in [2.05, 4.69) is 23.7 Å². The average Bonchev–Trinajstić information content (AvgIpc) is 3.10. The molecule has 0 radical (unpaired) electrons. The molecule has 3 aromatic carbocycles. The Labute approximate surface area is 288 Å². The van der Waals surface area contributed by atoms with Gasteiger partial charge in [-0.25, -0.2) is 9.88 Å². The Morgan fingerprint density at radius 1 is 0.796 bits per heavy atom. The number of halogens is 3. The van der Waals surface area contributed by atoms with Gasteiger partial charge in [0, 0.05) is 41.5 Å². The molecule has 0 aliphatic rings. The minimum absolute atomic E-state index is 0.186. The van der Waals surface area contributed by atoms with Gasteiger partial charge in [0.25, 0.3) is 11.8 Å². The quantitative estimate of drug-likeness (QED) is 0.122. The second-order valence-electron chi connectivity index (χ2n) is 11.3. The summed E-state index contributed by atoms with van der Waals surface area (Å²) in [6.45, 7) is 6.57. The number of carboxylic acids is 1. The van der Waals surface area contributed by atoms with Crippen LogP contribution < -0.4 is 14.9 Å². The number of carbonyl (C=O) groups excluding carboxylic acids is 3. The van der Waals surface area contributed by atoms with Crippen LogP contribution in [0.25, 0.3) is 0 Å². The molecule has 49 heavy (non-hydrogen) atoms. The summed E-state index contributed by atoms with van der Waals surface area (Å²) < 4.78 is 43.3. The molecule has 0 saturated heterocycles. The Morgan fingerprint density at radius 3 is 1.98 bits per heavy atom. The average molecular weight is 692 g/mol. The number of pyridine rings is 1. The van der Waals surface area contributed by atoms with Gasteiger partial charge in [-0.05, 0) is 79.4 Å². The Hall–Kier alpha value is -4.84. The number of carbonyl (C=O) groups is 3. The van der Waals surface area contributed by atoms with Gasteiger partial charge in [0.1, 0.15) is 0 Å². The van der Waals surface area contributed by atoms with Gasteiger partial charge >= 0.3 is 6.30 Å². The summed E-state index contributed by atoms with van der Waals surface area (Å²) in [5.74, 6) is -3.06. The van der Waals surface area contributed by atoms with Crippen molar-refractivity contribution in [2.75, 3.05) is 22.9 Å². The fourth-order valence-electron chi connectivity index (χ4n) is 5.15. The molecule has 0 fully saturated rings. The second-order valence-corrected chi connectivity index (χ2v) is 12.7. The van der Waals surface area contributed by atoms with Crippen LogP contribution in [0.1, 0.15) is 65.5 Å².